The van der Waals surface area contributed by atoms with Crippen LogP contribution < -0.4 is 0 Å². The molecular formula is C25H28ClN3O. The zero-order chi connectivity index (χ0) is 20.7. The van der Waals surface area contributed by atoms with Crippen molar-refractivity contribution in [3.8, 4) is 11.3 Å². The number of aromatic nitrogens is 2. The predicted octanol–water partition coefficient (Wildman–Crippen LogP) is 5.27. The number of piperidine rings is 1. The number of aryl methyl sites for hydroxylation is 1. The van der Waals surface area contributed by atoms with Crippen LogP contribution in [0.3, 0.4) is 0 Å². The maximum absolute atomic E-state index is 6.80. The Labute approximate surface area is 183 Å². The smallest absolute Gasteiger partial charge is 0.143 e. The number of nitrogens with zero attached hydrogens (tertiary/aromatic N) is 3. The lowest BCUT2D eigenvalue weighted by Crippen LogP contribution is -2.35. The summed E-state index contributed by atoms with van der Waals surface area (Å²) in [7, 11) is 2.18. The number of hydrogen-bond donors (Lipinski definition) is 0. The summed E-state index contributed by atoms with van der Waals surface area (Å²) < 4.78 is 9.15. The van der Waals surface area contributed by atoms with Crippen molar-refractivity contribution >= 4 is 11.6 Å². The van der Waals surface area contributed by atoms with Crippen molar-refractivity contribution in [1.82, 2.24) is 14.5 Å². The van der Waals surface area contributed by atoms with Crippen molar-refractivity contribution < 1.29 is 4.74 Å². The zero-order valence-electron chi connectivity index (χ0n) is 17.6. The molecule has 1 atom stereocenters. The topological polar surface area (TPSA) is 30.3 Å². The van der Waals surface area contributed by atoms with Crippen molar-refractivity contribution in [3.05, 3.63) is 76.2 Å². The van der Waals surface area contributed by atoms with Crippen molar-refractivity contribution in [1.29, 1.82) is 0 Å². The van der Waals surface area contributed by atoms with Crippen molar-refractivity contribution in [3.63, 3.8) is 0 Å². The summed E-state index contributed by atoms with van der Waals surface area (Å²) in [5, 5.41) is 0.738. The maximum Gasteiger partial charge on any atom is 0.143 e. The molecule has 0 bridgehead atoms. The molecule has 30 heavy (non-hydrogen) atoms. The van der Waals surface area contributed by atoms with Crippen LogP contribution in [-0.4, -0.2) is 40.7 Å². The first-order valence-electron chi connectivity index (χ1n) is 10.9. The Kier molecular flexibility index (Phi) is 5.40. The van der Waals surface area contributed by atoms with Crippen LogP contribution in [0.2, 0.25) is 5.02 Å². The number of ether oxygens (including phenoxy) is 1. The highest BCUT2D eigenvalue weighted by atomic mass is 35.5. The highest BCUT2D eigenvalue weighted by molar-refractivity contribution is 6.33. The van der Waals surface area contributed by atoms with Gasteiger partial charge in [-0.3, -0.25) is 0 Å². The first-order chi connectivity index (χ1) is 14.6. The quantitative estimate of drug-likeness (QED) is 0.577. The molecule has 5 heteroatoms. The highest BCUT2D eigenvalue weighted by Gasteiger charge is 2.32. The van der Waals surface area contributed by atoms with E-state index in [1.165, 1.54) is 11.1 Å². The molecule has 3 aromatic rings. The molecular weight excluding hydrogens is 394 g/mol. The number of fused-ring (bicyclic) bond motifs is 2. The Morgan fingerprint density at radius 2 is 1.73 bits per heavy atom. The second-order valence-electron chi connectivity index (χ2n) is 8.50. The van der Waals surface area contributed by atoms with Crippen molar-refractivity contribution in [2.24, 2.45) is 0 Å². The second-order valence-corrected chi connectivity index (χ2v) is 8.91. The summed E-state index contributed by atoms with van der Waals surface area (Å²) in [6, 6.07) is 16.7. The van der Waals surface area contributed by atoms with Crippen molar-refractivity contribution in [2.75, 3.05) is 20.1 Å². The second kappa shape index (κ2) is 8.18. The summed E-state index contributed by atoms with van der Waals surface area (Å²) in [6.07, 6.45) is 3.22. The molecule has 0 amide bonds. The van der Waals surface area contributed by atoms with E-state index in [2.05, 4.69) is 53.8 Å². The number of hydrogen-bond acceptors (Lipinski definition) is 3. The zero-order valence-corrected chi connectivity index (χ0v) is 18.4. The van der Waals surface area contributed by atoms with E-state index >= 15 is 0 Å². The molecule has 0 N–H and O–H groups in total. The summed E-state index contributed by atoms with van der Waals surface area (Å²) >= 11 is 6.53. The number of likely N-dealkylation sites (tertiary alicyclic amines) is 1. The van der Waals surface area contributed by atoms with Crippen molar-refractivity contribution in [2.45, 2.75) is 44.9 Å². The molecule has 0 aliphatic carbocycles. The molecule has 4 nitrogen and oxygen atoms in total. The summed E-state index contributed by atoms with van der Waals surface area (Å²) in [5.74, 6) is 1.01. The van der Waals surface area contributed by atoms with Crippen LogP contribution in [0.1, 0.15) is 41.6 Å². The van der Waals surface area contributed by atoms with Crippen LogP contribution in [0.5, 0.6) is 0 Å². The Balaban J connectivity index is 1.59. The van der Waals surface area contributed by atoms with E-state index in [0.29, 0.717) is 0 Å². The predicted molar refractivity (Wildman–Crippen MR) is 121 cm³/mol. The molecule has 3 heterocycles. The van der Waals surface area contributed by atoms with Crippen LogP contribution in [0.25, 0.3) is 11.3 Å². The van der Waals surface area contributed by atoms with Gasteiger partial charge in [0.15, 0.2) is 0 Å². The Morgan fingerprint density at radius 3 is 2.53 bits per heavy atom. The highest BCUT2D eigenvalue weighted by Crippen LogP contribution is 2.38. The largest absolute Gasteiger partial charge is 0.362 e. The monoisotopic (exact) mass is 421 g/mol. The van der Waals surface area contributed by atoms with Gasteiger partial charge in [-0.05, 0) is 50.4 Å². The molecule has 0 saturated carbocycles. The van der Waals surface area contributed by atoms with Gasteiger partial charge in [0.2, 0.25) is 0 Å². The minimum absolute atomic E-state index is 0.146. The fraction of sp³-hybridized carbons (Fsp3) is 0.400. The third-order valence-corrected chi connectivity index (χ3v) is 6.88. The van der Waals surface area contributed by atoms with E-state index in [1.54, 1.807) is 0 Å². The van der Waals surface area contributed by atoms with Gasteiger partial charge >= 0.3 is 0 Å². The molecule has 1 saturated heterocycles. The average Bonchev–Trinajstić information content (AvgIpc) is 2.99. The SMILES string of the molecule is Cc1c(-c2ccccc2Cl)nc2n1CCc1ccccc1C2OC1CCN(C)CC1. The fourth-order valence-electron chi connectivity index (χ4n) is 4.78. The van der Waals surface area contributed by atoms with Crippen LogP contribution >= 0.6 is 11.6 Å². The summed E-state index contributed by atoms with van der Waals surface area (Å²) in [5.41, 5.74) is 5.73. The molecule has 1 aromatic heterocycles. The van der Waals surface area contributed by atoms with E-state index in [4.69, 9.17) is 21.3 Å². The van der Waals surface area contributed by atoms with Gasteiger partial charge in [0.25, 0.3) is 0 Å². The van der Waals surface area contributed by atoms with Crippen LogP contribution in [0.15, 0.2) is 48.5 Å². The molecule has 0 radical (unpaired) electrons. The Morgan fingerprint density at radius 1 is 1.00 bits per heavy atom. The van der Waals surface area contributed by atoms with E-state index < -0.39 is 0 Å². The summed E-state index contributed by atoms with van der Waals surface area (Å²) in [4.78, 5) is 7.52. The number of halogens is 1. The van der Waals surface area contributed by atoms with Gasteiger partial charge in [-0.25, -0.2) is 4.98 Å². The van der Waals surface area contributed by atoms with E-state index in [1.807, 2.05) is 18.2 Å². The van der Waals surface area contributed by atoms with Crippen LogP contribution in [-0.2, 0) is 17.7 Å². The normalized spacial score (nSPS) is 19.9. The summed E-state index contributed by atoms with van der Waals surface area (Å²) in [6.45, 7) is 5.22. The lowest BCUT2D eigenvalue weighted by molar-refractivity contribution is -0.0276. The van der Waals surface area contributed by atoms with Gasteiger partial charge in [-0.1, -0.05) is 54.1 Å². The molecule has 0 spiro atoms. The lowest BCUT2D eigenvalue weighted by Gasteiger charge is -2.32. The Hall–Kier alpha value is -2.14. The van der Waals surface area contributed by atoms with Crippen LogP contribution in [0, 0.1) is 6.92 Å². The van der Waals surface area contributed by atoms with Gasteiger partial charge in [-0.2, -0.15) is 0 Å². The van der Waals surface area contributed by atoms with Gasteiger partial charge < -0.3 is 14.2 Å². The fourth-order valence-corrected chi connectivity index (χ4v) is 5.01. The number of imidazole rings is 1. The van der Waals surface area contributed by atoms with E-state index in [-0.39, 0.29) is 12.2 Å². The third kappa shape index (κ3) is 3.58. The van der Waals surface area contributed by atoms with Gasteiger partial charge in [0.05, 0.1) is 16.8 Å². The van der Waals surface area contributed by atoms with Gasteiger partial charge in [0, 0.05) is 30.9 Å². The minimum atomic E-state index is -0.146. The third-order valence-electron chi connectivity index (χ3n) is 6.55. The first-order valence-corrected chi connectivity index (χ1v) is 11.2. The Bertz CT molecular complexity index is 1050. The number of rotatable bonds is 3. The van der Waals surface area contributed by atoms with Gasteiger partial charge in [0.1, 0.15) is 11.9 Å². The van der Waals surface area contributed by atoms with E-state index in [9.17, 15) is 0 Å². The molecule has 1 unspecified atom stereocenters. The number of benzene rings is 2. The molecule has 5 rings (SSSR count). The molecule has 1 fully saturated rings. The minimum Gasteiger partial charge on any atom is -0.362 e. The molecule has 156 valence electrons. The lowest BCUT2D eigenvalue weighted by atomic mass is 10.00. The maximum atomic E-state index is 6.80. The van der Waals surface area contributed by atoms with Gasteiger partial charge in [-0.15, -0.1) is 0 Å². The molecule has 2 aliphatic rings. The van der Waals surface area contributed by atoms with E-state index in [0.717, 1.165) is 66.7 Å². The standard InChI is InChI=1S/C25H28ClN3O/c1-17-23(21-9-5-6-10-22(21)26)27-25-24(30-19-12-14-28(2)15-13-19)20-8-4-3-7-18(20)11-16-29(17)25/h3-10,19,24H,11-16H2,1-2H3. The van der Waals surface area contributed by atoms with Crippen LogP contribution in [0.4, 0.5) is 0 Å². The average molecular weight is 422 g/mol. The first kappa shape index (κ1) is 19.8. The molecule has 2 aromatic carbocycles. The molecule has 2 aliphatic heterocycles.